The Kier molecular flexibility index (Phi) is 5.78. The van der Waals surface area contributed by atoms with Crippen LogP contribution in [0.5, 0.6) is 0 Å². The topological polar surface area (TPSA) is 44.4 Å². The molecule has 0 aliphatic carbocycles. The van der Waals surface area contributed by atoms with Gasteiger partial charge in [0.2, 0.25) is 5.91 Å². The molecule has 0 unspecified atom stereocenters. The lowest BCUT2D eigenvalue weighted by Crippen LogP contribution is -2.33. The first-order valence-corrected chi connectivity index (χ1v) is 5.70. The molecule has 0 saturated heterocycles. The third-order valence-corrected chi connectivity index (χ3v) is 2.33. The van der Waals surface area contributed by atoms with E-state index in [1.54, 1.807) is 0 Å². The van der Waals surface area contributed by atoms with Crippen LogP contribution in [-0.4, -0.2) is 44.5 Å². The molecule has 1 rings (SSSR count). The first kappa shape index (κ1) is 15.5. The van der Waals surface area contributed by atoms with Gasteiger partial charge >= 0.3 is 0 Å². The van der Waals surface area contributed by atoms with Gasteiger partial charge < -0.3 is 15.5 Å². The second kappa shape index (κ2) is 7.10. The van der Waals surface area contributed by atoms with Gasteiger partial charge in [-0.3, -0.25) is 4.79 Å². The fourth-order valence-corrected chi connectivity index (χ4v) is 1.32. The number of rotatable bonds is 6. The van der Waals surface area contributed by atoms with Gasteiger partial charge in [-0.25, -0.2) is 13.2 Å². The Morgan fingerprint density at radius 1 is 1.21 bits per heavy atom. The average Bonchev–Trinajstić information content (AvgIpc) is 2.35. The van der Waals surface area contributed by atoms with Crippen LogP contribution in [0.4, 0.5) is 18.9 Å². The Labute approximate surface area is 109 Å². The van der Waals surface area contributed by atoms with Crippen molar-refractivity contribution in [3.8, 4) is 0 Å². The summed E-state index contributed by atoms with van der Waals surface area (Å²) in [5.74, 6) is -4.82. The Hall–Kier alpha value is -1.60. The van der Waals surface area contributed by atoms with E-state index in [0.29, 0.717) is 6.54 Å². The number of hydrogen-bond donors (Lipinski definition) is 2. The van der Waals surface area contributed by atoms with E-state index < -0.39 is 23.4 Å². The summed E-state index contributed by atoms with van der Waals surface area (Å²) in [7, 11) is 3.77. The number of carbonyl (C=O) groups excluding carboxylic acids is 1. The number of carbonyl (C=O) groups is 1. The molecule has 2 N–H and O–H groups in total. The SMILES string of the molecule is CN(C)CCNCC(=O)Nc1ccc(F)c(F)c1F. The molecule has 0 atom stereocenters. The van der Waals surface area contributed by atoms with Crippen LogP contribution in [0.1, 0.15) is 0 Å². The molecule has 0 aliphatic heterocycles. The highest BCUT2D eigenvalue weighted by atomic mass is 19.2. The zero-order valence-electron chi connectivity index (χ0n) is 10.8. The van der Waals surface area contributed by atoms with Crippen LogP contribution in [0.2, 0.25) is 0 Å². The summed E-state index contributed by atoms with van der Waals surface area (Å²) in [5.41, 5.74) is -0.377. The van der Waals surface area contributed by atoms with E-state index in [4.69, 9.17) is 0 Å². The maximum atomic E-state index is 13.3. The smallest absolute Gasteiger partial charge is 0.238 e. The van der Waals surface area contributed by atoms with Gasteiger partial charge in [0.25, 0.3) is 0 Å². The first-order chi connectivity index (χ1) is 8.91. The molecule has 7 heteroatoms. The molecule has 1 aromatic rings. The highest BCUT2D eigenvalue weighted by molar-refractivity contribution is 5.92. The fraction of sp³-hybridized carbons (Fsp3) is 0.417. The summed E-state index contributed by atoms with van der Waals surface area (Å²) in [6.45, 7) is 1.29. The summed E-state index contributed by atoms with van der Waals surface area (Å²) < 4.78 is 38.9. The highest BCUT2D eigenvalue weighted by Crippen LogP contribution is 2.19. The van der Waals surface area contributed by atoms with Crippen molar-refractivity contribution in [2.75, 3.05) is 39.0 Å². The first-order valence-electron chi connectivity index (χ1n) is 5.70. The third-order valence-electron chi connectivity index (χ3n) is 2.33. The molecule has 0 saturated carbocycles. The van der Waals surface area contributed by atoms with Crippen molar-refractivity contribution in [1.82, 2.24) is 10.2 Å². The molecular weight excluding hydrogens is 259 g/mol. The van der Waals surface area contributed by atoms with Crippen molar-refractivity contribution in [2.24, 2.45) is 0 Å². The lowest BCUT2D eigenvalue weighted by Gasteiger charge is -2.11. The molecule has 0 aromatic heterocycles. The molecule has 0 bridgehead atoms. The molecule has 0 fully saturated rings. The number of benzene rings is 1. The van der Waals surface area contributed by atoms with Crippen molar-refractivity contribution in [3.05, 3.63) is 29.6 Å². The number of anilines is 1. The zero-order chi connectivity index (χ0) is 14.4. The van der Waals surface area contributed by atoms with Crippen LogP contribution < -0.4 is 10.6 Å². The second-order valence-corrected chi connectivity index (χ2v) is 4.25. The maximum absolute atomic E-state index is 13.3. The van der Waals surface area contributed by atoms with E-state index in [1.165, 1.54) is 0 Å². The van der Waals surface area contributed by atoms with E-state index in [9.17, 15) is 18.0 Å². The predicted molar refractivity (Wildman–Crippen MR) is 66.4 cm³/mol. The summed E-state index contributed by atoms with van der Waals surface area (Å²) >= 11 is 0. The van der Waals surface area contributed by atoms with Gasteiger partial charge in [0.05, 0.1) is 12.2 Å². The molecule has 0 aliphatic rings. The van der Waals surface area contributed by atoms with Gasteiger partial charge in [-0.1, -0.05) is 0 Å². The lowest BCUT2D eigenvalue weighted by molar-refractivity contribution is -0.115. The number of halogens is 3. The largest absolute Gasteiger partial charge is 0.322 e. The molecule has 19 heavy (non-hydrogen) atoms. The van der Waals surface area contributed by atoms with Gasteiger partial charge in [0, 0.05) is 13.1 Å². The predicted octanol–water partition coefficient (Wildman–Crippen LogP) is 1.19. The second-order valence-electron chi connectivity index (χ2n) is 4.25. The Morgan fingerprint density at radius 2 is 1.89 bits per heavy atom. The molecule has 4 nitrogen and oxygen atoms in total. The summed E-state index contributed by atoms with van der Waals surface area (Å²) in [4.78, 5) is 13.4. The van der Waals surface area contributed by atoms with Crippen molar-refractivity contribution in [2.45, 2.75) is 0 Å². The van der Waals surface area contributed by atoms with Crippen molar-refractivity contribution >= 4 is 11.6 Å². The van der Waals surface area contributed by atoms with Crippen molar-refractivity contribution < 1.29 is 18.0 Å². The van der Waals surface area contributed by atoms with E-state index >= 15 is 0 Å². The molecule has 0 heterocycles. The van der Waals surface area contributed by atoms with E-state index in [-0.39, 0.29) is 12.2 Å². The fourth-order valence-electron chi connectivity index (χ4n) is 1.32. The van der Waals surface area contributed by atoms with Gasteiger partial charge in [-0.05, 0) is 26.2 Å². The van der Waals surface area contributed by atoms with Crippen LogP contribution in [0.3, 0.4) is 0 Å². The Balaban J connectivity index is 2.47. The summed E-state index contributed by atoms with van der Waals surface area (Å²) in [6.07, 6.45) is 0. The molecule has 1 amide bonds. The summed E-state index contributed by atoms with van der Waals surface area (Å²) in [5, 5.41) is 5.01. The van der Waals surface area contributed by atoms with Crippen LogP contribution in [-0.2, 0) is 4.79 Å². The highest BCUT2D eigenvalue weighted by Gasteiger charge is 2.14. The zero-order valence-corrected chi connectivity index (χ0v) is 10.8. The Bertz CT molecular complexity index is 452. The maximum Gasteiger partial charge on any atom is 0.238 e. The average molecular weight is 275 g/mol. The van der Waals surface area contributed by atoms with Crippen LogP contribution in [0.25, 0.3) is 0 Å². The molecular formula is C12H16F3N3O. The van der Waals surface area contributed by atoms with Crippen molar-refractivity contribution in [1.29, 1.82) is 0 Å². The number of hydrogen-bond acceptors (Lipinski definition) is 3. The summed E-state index contributed by atoms with van der Waals surface area (Å²) in [6, 6.07) is 1.74. The number of nitrogens with one attached hydrogen (secondary N) is 2. The minimum atomic E-state index is -1.60. The van der Waals surface area contributed by atoms with Crippen LogP contribution >= 0.6 is 0 Å². The molecule has 0 spiro atoms. The molecule has 0 radical (unpaired) electrons. The monoisotopic (exact) mass is 275 g/mol. The Morgan fingerprint density at radius 3 is 2.53 bits per heavy atom. The minimum absolute atomic E-state index is 0.0354. The van der Waals surface area contributed by atoms with E-state index in [1.807, 2.05) is 19.0 Å². The minimum Gasteiger partial charge on any atom is -0.322 e. The van der Waals surface area contributed by atoms with Gasteiger partial charge in [0.15, 0.2) is 17.5 Å². The van der Waals surface area contributed by atoms with Gasteiger partial charge in [-0.15, -0.1) is 0 Å². The number of amides is 1. The third kappa shape index (κ3) is 4.88. The van der Waals surface area contributed by atoms with Gasteiger partial charge in [0.1, 0.15) is 0 Å². The quantitative estimate of drug-likeness (QED) is 0.605. The molecule has 1 aromatic carbocycles. The lowest BCUT2D eigenvalue weighted by atomic mass is 10.2. The van der Waals surface area contributed by atoms with Crippen LogP contribution in [0, 0.1) is 17.5 Å². The van der Waals surface area contributed by atoms with E-state index in [2.05, 4.69) is 10.6 Å². The normalized spacial score (nSPS) is 10.8. The van der Waals surface area contributed by atoms with Gasteiger partial charge in [-0.2, -0.15) is 0 Å². The number of likely N-dealkylation sites (N-methyl/N-ethyl adjacent to an activating group) is 1. The molecule has 106 valence electrons. The standard InChI is InChI=1S/C12H16F3N3O/c1-18(2)6-5-16-7-10(19)17-9-4-3-8(13)11(14)12(9)15/h3-4,16H,5-7H2,1-2H3,(H,17,19). The number of nitrogens with zero attached hydrogens (tertiary/aromatic N) is 1. The van der Waals surface area contributed by atoms with Crippen LogP contribution in [0.15, 0.2) is 12.1 Å². The van der Waals surface area contributed by atoms with Crippen molar-refractivity contribution in [3.63, 3.8) is 0 Å². The van der Waals surface area contributed by atoms with E-state index in [0.717, 1.165) is 18.7 Å².